The molecule has 1 aromatic heterocycles. The van der Waals surface area contributed by atoms with E-state index in [1.807, 2.05) is 16.7 Å². The molecular weight excluding hydrogens is 308 g/mol. The van der Waals surface area contributed by atoms with Gasteiger partial charge in [-0.2, -0.15) is 10.2 Å². The molecule has 0 aliphatic heterocycles. The van der Waals surface area contributed by atoms with Crippen molar-refractivity contribution in [2.45, 2.75) is 0 Å². The number of nitrogens with zero attached hydrogens (tertiary/aromatic N) is 4. The van der Waals surface area contributed by atoms with E-state index < -0.39 is 4.92 Å². The normalized spacial score (nSPS) is 10.8. The fourth-order valence-electron chi connectivity index (χ4n) is 2.03. The summed E-state index contributed by atoms with van der Waals surface area (Å²) in [6.07, 6.45) is 3.38. The molecule has 118 valence electrons. The Bertz CT molecular complexity index is 924. The van der Waals surface area contributed by atoms with Crippen LogP contribution in [-0.2, 0) is 0 Å². The summed E-state index contributed by atoms with van der Waals surface area (Å²) in [5, 5.41) is 18.7. The number of nitro benzene ring substituents is 1. The second-order valence-electron chi connectivity index (χ2n) is 4.93. The highest BCUT2D eigenvalue weighted by atomic mass is 16.6. The molecule has 0 aliphatic rings. The molecule has 0 bridgehead atoms. The van der Waals surface area contributed by atoms with Crippen LogP contribution in [0.15, 0.2) is 88.1 Å². The van der Waals surface area contributed by atoms with Crippen molar-refractivity contribution in [1.29, 1.82) is 0 Å². The van der Waals surface area contributed by atoms with Crippen molar-refractivity contribution in [3.05, 3.63) is 93.4 Å². The summed E-state index contributed by atoms with van der Waals surface area (Å²) in [5.41, 5.74) is 2.05. The molecule has 0 unspecified atom stereocenters. The van der Waals surface area contributed by atoms with Gasteiger partial charge in [-0.25, -0.2) is 0 Å². The summed E-state index contributed by atoms with van der Waals surface area (Å²) in [5.74, 6) is 0. The van der Waals surface area contributed by atoms with Crippen LogP contribution in [-0.4, -0.2) is 9.49 Å². The van der Waals surface area contributed by atoms with Crippen molar-refractivity contribution in [2.24, 2.45) is 10.2 Å². The van der Waals surface area contributed by atoms with Crippen LogP contribution in [0.2, 0.25) is 0 Å². The van der Waals surface area contributed by atoms with Gasteiger partial charge in [0.05, 0.1) is 16.3 Å². The Balaban J connectivity index is 1.74. The number of non-ortho nitro benzene ring substituents is 1. The van der Waals surface area contributed by atoms with Gasteiger partial charge in [-0.3, -0.25) is 14.9 Å². The molecule has 0 saturated carbocycles. The van der Waals surface area contributed by atoms with Gasteiger partial charge in [0, 0.05) is 42.3 Å². The average Bonchev–Trinajstić information content (AvgIpc) is 2.61. The zero-order chi connectivity index (χ0) is 16.9. The van der Waals surface area contributed by atoms with Gasteiger partial charge in [0.25, 0.3) is 5.69 Å². The van der Waals surface area contributed by atoms with Gasteiger partial charge >= 0.3 is 0 Å². The molecule has 0 amide bonds. The number of aromatic nitrogens is 1. The SMILES string of the molecule is O=c1ccn(-c2ccc(N=Nc3ccc([N+](=O)[O-])cc3)cc2)cc1. The number of benzene rings is 2. The van der Waals surface area contributed by atoms with Gasteiger partial charge in [-0.1, -0.05) is 0 Å². The minimum absolute atomic E-state index is 0.0134. The van der Waals surface area contributed by atoms with Crippen molar-refractivity contribution in [3.63, 3.8) is 0 Å². The smallest absolute Gasteiger partial charge is 0.269 e. The van der Waals surface area contributed by atoms with Crippen LogP contribution >= 0.6 is 0 Å². The third kappa shape index (κ3) is 3.58. The number of nitro groups is 1. The van der Waals surface area contributed by atoms with E-state index in [1.165, 1.54) is 36.4 Å². The largest absolute Gasteiger partial charge is 0.324 e. The van der Waals surface area contributed by atoms with Gasteiger partial charge in [-0.05, 0) is 36.4 Å². The van der Waals surface area contributed by atoms with E-state index in [2.05, 4.69) is 10.2 Å². The molecule has 3 aromatic rings. The molecule has 0 atom stereocenters. The first kappa shape index (κ1) is 15.3. The zero-order valence-corrected chi connectivity index (χ0v) is 12.4. The lowest BCUT2D eigenvalue weighted by atomic mass is 10.3. The molecule has 7 heteroatoms. The molecule has 1 heterocycles. The van der Waals surface area contributed by atoms with Crippen molar-refractivity contribution in [3.8, 4) is 5.69 Å². The summed E-state index contributed by atoms with van der Waals surface area (Å²) in [4.78, 5) is 21.2. The fourth-order valence-corrected chi connectivity index (χ4v) is 2.03. The van der Waals surface area contributed by atoms with E-state index in [0.29, 0.717) is 11.4 Å². The topological polar surface area (TPSA) is 89.9 Å². The Hall–Kier alpha value is -3.61. The van der Waals surface area contributed by atoms with Crippen LogP contribution in [0.3, 0.4) is 0 Å². The second kappa shape index (κ2) is 6.66. The first-order chi connectivity index (χ1) is 11.6. The van der Waals surface area contributed by atoms with Crippen molar-refractivity contribution < 1.29 is 4.92 Å². The van der Waals surface area contributed by atoms with Crippen molar-refractivity contribution in [1.82, 2.24) is 4.57 Å². The third-order valence-corrected chi connectivity index (χ3v) is 3.29. The molecule has 0 aliphatic carbocycles. The maximum Gasteiger partial charge on any atom is 0.269 e. The van der Waals surface area contributed by atoms with Crippen LogP contribution in [0.25, 0.3) is 5.69 Å². The molecule has 7 nitrogen and oxygen atoms in total. The van der Waals surface area contributed by atoms with Gasteiger partial charge in [0.15, 0.2) is 5.43 Å². The van der Waals surface area contributed by atoms with Crippen molar-refractivity contribution in [2.75, 3.05) is 0 Å². The minimum atomic E-state index is -0.462. The molecular formula is C17H12N4O3. The maximum atomic E-state index is 11.1. The predicted molar refractivity (Wildman–Crippen MR) is 89.3 cm³/mol. The van der Waals surface area contributed by atoms with E-state index in [9.17, 15) is 14.9 Å². The number of azo groups is 1. The van der Waals surface area contributed by atoms with Gasteiger partial charge in [0.2, 0.25) is 0 Å². The Morgan fingerprint density at radius 2 is 1.29 bits per heavy atom. The fraction of sp³-hybridized carbons (Fsp3) is 0. The van der Waals surface area contributed by atoms with Crippen molar-refractivity contribution >= 4 is 17.1 Å². The lowest BCUT2D eigenvalue weighted by Crippen LogP contribution is -2.01. The average molecular weight is 320 g/mol. The number of hydrogen-bond acceptors (Lipinski definition) is 5. The third-order valence-electron chi connectivity index (χ3n) is 3.29. The van der Waals surface area contributed by atoms with Crippen LogP contribution in [0.4, 0.5) is 17.1 Å². The van der Waals surface area contributed by atoms with E-state index >= 15 is 0 Å². The lowest BCUT2D eigenvalue weighted by Gasteiger charge is -2.05. The lowest BCUT2D eigenvalue weighted by molar-refractivity contribution is -0.384. The number of rotatable bonds is 4. The standard InChI is InChI=1S/C17H12N4O3/c22-17-9-11-20(12-10-17)15-5-1-13(2-6-15)18-19-14-3-7-16(8-4-14)21(23)24/h1-12H. The number of hydrogen-bond donors (Lipinski definition) is 0. The van der Waals surface area contributed by atoms with E-state index in [-0.39, 0.29) is 11.1 Å². The van der Waals surface area contributed by atoms with Crippen LogP contribution in [0, 0.1) is 10.1 Å². The maximum absolute atomic E-state index is 11.1. The molecule has 0 N–H and O–H groups in total. The highest BCUT2D eigenvalue weighted by molar-refractivity contribution is 5.47. The first-order valence-corrected chi connectivity index (χ1v) is 7.07. The van der Waals surface area contributed by atoms with Crippen LogP contribution in [0.1, 0.15) is 0 Å². The van der Waals surface area contributed by atoms with E-state index in [0.717, 1.165) is 5.69 Å². The second-order valence-corrected chi connectivity index (χ2v) is 4.93. The Labute approximate surface area is 136 Å². The quantitative estimate of drug-likeness (QED) is 0.410. The Kier molecular flexibility index (Phi) is 4.24. The van der Waals surface area contributed by atoms with Gasteiger partial charge in [0.1, 0.15) is 0 Å². The Morgan fingerprint density at radius 3 is 1.79 bits per heavy atom. The van der Waals surface area contributed by atoms with Gasteiger partial charge < -0.3 is 4.57 Å². The summed E-state index contributed by atoms with van der Waals surface area (Å²) in [6.45, 7) is 0. The predicted octanol–water partition coefficient (Wildman–Crippen LogP) is 4.16. The van der Waals surface area contributed by atoms with Crippen LogP contribution in [0.5, 0.6) is 0 Å². The highest BCUT2D eigenvalue weighted by Crippen LogP contribution is 2.22. The Morgan fingerprint density at radius 1 is 0.792 bits per heavy atom. The molecule has 0 saturated heterocycles. The van der Waals surface area contributed by atoms with E-state index in [4.69, 9.17) is 0 Å². The molecule has 0 fully saturated rings. The number of pyridine rings is 1. The van der Waals surface area contributed by atoms with Gasteiger partial charge in [-0.15, -0.1) is 0 Å². The minimum Gasteiger partial charge on any atom is -0.324 e. The summed E-state index contributed by atoms with van der Waals surface area (Å²) < 4.78 is 1.82. The first-order valence-electron chi connectivity index (χ1n) is 7.07. The highest BCUT2D eigenvalue weighted by Gasteiger charge is 2.03. The summed E-state index contributed by atoms with van der Waals surface area (Å²) in [7, 11) is 0. The monoisotopic (exact) mass is 320 g/mol. The zero-order valence-electron chi connectivity index (χ0n) is 12.4. The summed E-state index contributed by atoms with van der Waals surface area (Å²) >= 11 is 0. The molecule has 3 rings (SSSR count). The summed E-state index contributed by atoms with van der Waals surface area (Å²) in [6, 6.07) is 16.1. The molecule has 0 spiro atoms. The molecule has 24 heavy (non-hydrogen) atoms. The van der Waals surface area contributed by atoms with E-state index in [1.54, 1.807) is 24.5 Å². The van der Waals surface area contributed by atoms with Crippen LogP contribution < -0.4 is 5.43 Å². The molecule has 0 radical (unpaired) electrons. The molecule has 2 aromatic carbocycles.